The van der Waals surface area contributed by atoms with Gasteiger partial charge in [-0.15, -0.1) is 0 Å². The van der Waals surface area contributed by atoms with Crippen molar-refractivity contribution in [2.75, 3.05) is 39.5 Å². The van der Waals surface area contributed by atoms with Crippen LogP contribution in [0.2, 0.25) is 0 Å². The summed E-state index contributed by atoms with van der Waals surface area (Å²) in [5, 5.41) is 4.80. The largest absolute Gasteiger partial charge is 0.493 e. The van der Waals surface area contributed by atoms with E-state index in [0.29, 0.717) is 60.8 Å². The SMILES string of the molecule is Cc1noc2nc(C(C)C)cc(C(=O)N3CCC4(CCCCOC[C@@H]5CCCN5C(=O)c5cccc(c5)OC4)CC3)c12. The number of aromatic nitrogens is 2. The molecule has 2 fully saturated rings. The van der Waals surface area contributed by atoms with Gasteiger partial charge in [-0.1, -0.05) is 31.5 Å². The van der Waals surface area contributed by atoms with Gasteiger partial charge in [0.05, 0.1) is 35.9 Å². The molecule has 2 bridgehead atoms. The summed E-state index contributed by atoms with van der Waals surface area (Å²) in [7, 11) is 0. The van der Waals surface area contributed by atoms with Crippen LogP contribution in [0, 0.1) is 12.3 Å². The van der Waals surface area contributed by atoms with Gasteiger partial charge >= 0.3 is 0 Å². The zero-order valence-corrected chi connectivity index (χ0v) is 25.1. The van der Waals surface area contributed by atoms with Gasteiger partial charge in [-0.05, 0) is 75.6 Å². The fraction of sp³-hybridized carbons (Fsp3) is 0.576. The monoisotopic (exact) mass is 574 g/mol. The average molecular weight is 575 g/mol. The molecule has 0 radical (unpaired) electrons. The lowest BCUT2D eigenvalue weighted by atomic mass is 9.75. The molecule has 2 amide bonds. The highest BCUT2D eigenvalue weighted by Gasteiger charge is 2.38. The molecular formula is C33H42N4O5. The normalized spacial score (nSPS) is 21.7. The summed E-state index contributed by atoms with van der Waals surface area (Å²) < 4.78 is 18.0. The molecule has 5 heterocycles. The topological polar surface area (TPSA) is 98.0 Å². The fourth-order valence-corrected chi connectivity index (χ4v) is 6.72. The molecule has 42 heavy (non-hydrogen) atoms. The summed E-state index contributed by atoms with van der Waals surface area (Å²) in [5.74, 6) is 0.946. The molecule has 1 spiro atoms. The number of carbonyl (C=O) groups is 2. The smallest absolute Gasteiger partial charge is 0.259 e. The van der Waals surface area contributed by atoms with E-state index in [1.807, 2.05) is 47.1 Å². The lowest BCUT2D eigenvalue weighted by Crippen LogP contribution is -2.45. The molecule has 6 rings (SSSR count). The maximum atomic E-state index is 13.9. The standard InChI is InChI=1S/C33H42N4O5/c1-22(2)28-19-27(29-23(3)35-42-30(29)34-28)32(39)36-15-12-33(13-16-36)11-4-5-17-40-20-25-9-7-14-37(25)31(38)24-8-6-10-26(18-24)41-21-33/h6,8,10,18-19,22,25H,4-5,7,9,11-17,20-21H2,1-3H3/t25-/m0/s1. The number of hydrogen-bond acceptors (Lipinski definition) is 7. The van der Waals surface area contributed by atoms with Crippen molar-refractivity contribution in [2.45, 2.75) is 77.7 Å². The van der Waals surface area contributed by atoms with E-state index in [1.54, 1.807) is 0 Å². The molecule has 0 saturated carbocycles. The number of nitrogens with zero attached hydrogens (tertiary/aromatic N) is 4. The second kappa shape index (κ2) is 12.0. The van der Waals surface area contributed by atoms with Gasteiger partial charge in [-0.3, -0.25) is 9.59 Å². The lowest BCUT2D eigenvalue weighted by molar-refractivity contribution is 0.0333. The van der Waals surface area contributed by atoms with Crippen LogP contribution < -0.4 is 4.74 Å². The molecule has 2 saturated heterocycles. The third-order valence-electron chi connectivity index (χ3n) is 9.39. The van der Waals surface area contributed by atoms with E-state index in [2.05, 4.69) is 24.0 Å². The molecule has 9 heteroatoms. The third kappa shape index (κ3) is 5.76. The zero-order chi connectivity index (χ0) is 29.3. The van der Waals surface area contributed by atoms with Gasteiger partial charge < -0.3 is 23.8 Å². The van der Waals surface area contributed by atoms with Crippen molar-refractivity contribution < 1.29 is 23.6 Å². The number of fused-ring (bicyclic) bond motifs is 4. The molecule has 3 aliphatic rings. The highest BCUT2D eigenvalue weighted by atomic mass is 16.5. The molecule has 224 valence electrons. The quantitative estimate of drug-likeness (QED) is 0.384. The van der Waals surface area contributed by atoms with Crippen LogP contribution in [0.15, 0.2) is 34.9 Å². The Bertz CT molecular complexity index is 1440. The summed E-state index contributed by atoms with van der Waals surface area (Å²) in [6, 6.07) is 9.66. The summed E-state index contributed by atoms with van der Waals surface area (Å²) in [6.07, 6.45) is 6.71. The molecule has 2 aromatic heterocycles. The van der Waals surface area contributed by atoms with Crippen LogP contribution in [-0.2, 0) is 4.74 Å². The Morgan fingerprint density at radius 1 is 1.07 bits per heavy atom. The van der Waals surface area contributed by atoms with Crippen molar-refractivity contribution in [3.8, 4) is 5.75 Å². The van der Waals surface area contributed by atoms with E-state index in [1.165, 1.54) is 0 Å². The van der Waals surface area contributed by atoms with Crippen molar-refractivity contribution >= 4 is 22.9 Å². The third-order valence-corrected chi connectivity index (χ3v) is 9.39. The number of hydrogen-bond donors (Lipinski definition) is 0. The molecule has 0 N–H and O–H groups in total. The van der Waals surface area contributed by atoms with E-state index in [9.17, 15) is 9.59 Å². The number of benzene rings is 1. The Balaban J connectivity index is 1.19. The first-order valence-corrected chi connectivity index (χ1v) is 15.5. The number of pyridine rings is 1. The minimum atomic E-state index is -0.0548. The van der Waals surface area contributed by atoms with Crippen LogP contribution in [0.3, 0.4) is 0 Å². The number of piperidine rings is 1. The summed E-state index contributed by atoms with van der Waals surface area (Å²) in [6.45, 7) is 9.90. The number of amides is 2. The van der Waals surface area contributed by atoms with Gasteiger partial charge in [-0.2, -0.15) is 0 Å². The molecule has 0 unspecified atom stereocenters. The summed E-state index contributed by atoms with van der Waals surface area (Å²) in [5.41, 5.74) is 3.17. The molecule has 1 aromatic carbocycles. The Labute approximate surface area is 247 Å². The van der Waals surface area contributed by atoms with Crippen molar-refractivity contribution in [3.63, 3.8) is 0 Å². The van der Waals surface area contributed by atoms with E-state index in [-0.39, 0.29) is 29.2 Å². The number of likely N-dealkylation sites (tertiary alicyclic amines) is 1. The minimum absolute atomic E-state index is 0.00340. The van der Waals surface area contributed by atoms with E-state index < -0.39 is 0 Å². The van der Waals surface area contributed by atoms with E-state index in [0.717, 1.165) is 62.9 Å². The lowest BCUT2D eigenvalue weighted by Gasteiger charge is -2.42. The molecule has 3 aromatic rings. The second-order valence-corrected chi connectivity index (χ2v) is 12.6. The van der Waals surface area contributed by atoms with Crippen molar-refractivity contribution in [3.05, 3.63) is 52.8 Å². The van der Waals surface area contributed by atoms with Gasteiger partial charge in [0.2, 0.25) is 0 Å². The van der Waals surface area contributed by atoms with Crippen LogP contribution in [0.1, 0.15) is 96.8 Å². The van der Waals surface area contributed by atoms with Crippen LogP contribution in [-0.4, -0.2) is 77.3 Å². The Kier molecular flexibility index (Phi) is 8.21. The first kappa shape index (κ1) is 28.6. The second-order valence-electron chi connectivity index (χ2n) is 12.6. The maximum absolute atomic E-state index is 13.9. The minimum Gasteiger partial charge on any atom is -0.493 e. The number of aryl methyl sites for hydroxylation is 1. The van der Waals surface area contributed by atoms with Crippen LogP contribution in [0.4, 0.5) is 0 Å². The first-order valence-electron chi connectivity index (χ1n) is 15.5. The van der Waals surface area contributed by atoms with Gasteiger partial charge in [0.1, 0.15) is 5.75 Å². The molecule has 1 atom stereocenters. The van der Waals surface area contributed by atoms with Crippen molar-refractivity contribution in [1.82, 2.24) is 19.9 Å². The van der Waals surface area contributed by atoms with Crippen molar-refractivity contribution in [1.29, 1.82) is 0 Å². The van der Waals surface area contributed by atoms with Crippen molar-refractivity contribution in [2.24, 2.45) is 5.41 Å². The molecule has 9 nitrogen and oxygen atoms in total. The maximum Gasteiger partial charge on any atom is 0.259 e. The van der Waals surface area contributed by atoms with Gasteiger partial charge in [0, 0.05) is 42.9 Å². The number of carbonyl (C=O) groups excluding carboxylic acids is 2. The fourth-order valence-electron chi connectivity index (χ4n) is 6.72. The molecular weight excluding hydrogens is 532 g/mol. The van der Waals surface area contributed by atoms with E-state index >= 15 is 0 Å². The Morgan fingerprint density at radius 3 is 2.71 bits per heavy atom. The predicted molar refractivity (Wildman–Crippen MR) is 159 cm³/mol. The van der Waals surface area contributed by atoms with Crippen LogP contribution >= 0.6 is 0 Å². The zero-order valence-electron chi connectivity index (χ0n) is 25.1. The molecule has 0 aliphatic carbocycles. The summed E-state index contributed by atoms with van der Waals surface area (Å²) in [4.78, 5) is 35.8. The Morgan fingerprint density at radius 2 is 1.90 bits per heavy atom. The average Bonchev–Trinajstić information content (AvgIpc) is 3.63. The van der Waals surface area contributed by atoms with E-state index in [4.69, 9.17) is 14.0 Å². The Hall–Kier alpha value is -3.46. The van der Waals surface area contributed by atoms with Crippen LogP contribution in [0.5, 0.6) is 5.75 Å². The summed E-state index contributed by atoms with van der Waals surface area (Å²) >= 11 is 0. The van der Waals surface area contributed by atoms with Gasteiger partial charge in [0.25, 0.3) is 17.5 Å². The highest BCUT2D eigenvalue weighted by molar-refractivity contribution is 6.06. The highest BCUT2D eigenvalue weighted by Crippen LogP contribution is 2.39. The number of ether oxygens (including phenoxy) is 2. The molecule has 3 aliphatic heterocycles. The first-order chi connectivity index (χ1) is 20.3. The van der Waals surface area contributed by atoms with Crippen LogP contribution in [0.25, 0.3) is 11.1 Å². The van der Waals surface area contributed by atoms with Gasteiger partial charge in [-0.25, -0.2) is 4.98 Å². The predicted octanol–water partition coefficient (Wildman–Crippen LogP) is 5.76. The number of rotatable bonds is 2. The van der Waals surface area contributed by atoms with Gasteiger partial charge in [0.15, 0.2) is 0 Å².